The van der Waals surface area contributed by atoms with Crippen LogP contribution in [0.3, 0.4) is 0 Å². The van der Waals surface area contributed by atoms with Gasteiger partial charge in [-0.25, -0.2) is 4.79 Å². The van der Waals surface area contributed by atoms with Gasteiger partial charge in [-0.05, 0) is 19.8 Å². The van der Waals surface area contributed by atoms with Gasteiger partial charge in [-0.3, -0.25) is 14.5 Å². The van der Waals surface area contributed by atoms with Crippen LogP contribution in [0.4, 0.5) is 4.79 Å². The molecule has 0 unspecified atom stereocenters. The second kappa shape index (κ2) is 6.01. The SMILES string of the molecule is CCC1(CC)NC(=O)N(CC(=O)N[C@@H](C)CN)C1=O. The van der Waals surface area contributed by atoms with Gasteiger partial charge in [-0.15, -0.1) is 0 Å². The van der Waals surface area contributed by atoms with E-state index in [2.05, 4.69) is 10.6 Å². The van der Waals surface area contributed by atoms with E-state index >= 15 is 0 Å². The van der Waals surface area contributed by atoms with E-state index in [1.165, 1.54) is 0 Å². The number of nitrogens with zero attached hydrogens (tertiary/aromatic N) is 1. The Hall–Kier alpha value is -1.63. The minimum Gasteiger partial charge on any atom is -0.351 e. The van der Waals surface area contributed by atoms with E-state index in [0.717, 1.165) is 4.90 Å². The summed E-state index contributed by atoms with van der Waals surface area (Å²) < 4.78 is 0. The molecule has 4 amide bonds. The molecular weight excluding hydrogens is 248 g/mol. The summed E-state index contributed by atoms with van der Waals surface area (Å²) in [5.41, 5.74) is 4.53. The van der Waals surface area contributed by atoms with Crippen LogP contribution in [-0.2, 0) is 9.59 Å². The maximum absolute atomic E-state index is 12.2. The smallest absolute Gasteiger partial charge is 0.325 e. The van der Waals surface area contributed by atoms with Crippen molar-refractivity contribution in [2.45, 2.75) is 45.2 Å². The predicted octanol–water partition coefficient (Wildman–Crippen LogP) is -0.440. The third-order valence-electron chi connectivity index (χ3n) is 3.52. The zero-order valence-corrected chi connectivity index (χ0v) is 11.7. The van der Waals surface area contributed by atoms with Crippen LogP contribution in [0.15, 0.2) is 0 Å². The van der Waals surface area contributed by atoms with Crippen LogP contribution >= 0.6 is 0 Å². The quantitative estimate of drug-likeness (QED) is 0.569. The van der Waals surface area contributed by atoms with Crippen LogP contribution in [0.5, 0.6) is 0 Å². The highest BCUT2D eigenvalue weighted by Gasteiger charge is 2.49. The predicted molar refractivity (Wildman–Crippen MR) is 70.2 cm³/mol. The summed E-state index contributed by atoms with van der Waals surface area (Å²) in [6, 6.07) is -0.695. The first-order chi connectivity index (χ1) is 8.90. The molecule has 7 nitrogen and oxygen atoms in total. The fourth-order valence-electron chi connectivity index (χ4n) is 2.07. The van der Waals surface area contributed by atoms with Crippen molar-refractivity contribution in [3.05, 3.63) is 0 Å². The molecule has 1 saturated heterocycles. The molecule has 0 spiro atoms. The van der Waals surface area contributed by atoms with Crippen LogP contribution < -0.4 is 16.4 Å². The van der Waals surface area contributed by atoms with Gasteiger partial charge in [0.25, 0.3) is 5.91 Å². The number of hydrogen-bond donors (Lipinski definition) is 3. The van der Waals surface area contributed by atoms with E-state index in [-0.39, 0.29) is 24.4 Å². The fraction of sp³-hybridized carbons (Fsp3) is 0.750. The average molecular weight is 270 g/mol. The number of carbonyl (C=O) groups excluding carboxylic acids is 3. The number of nitrogens with one attached hydrogen (secondary N) is 2. The van der Waals surface area contributed by atoms with Crippen LogP contribution in [-0.4, -0.2) is 47.4 Å². The summed E-state index contributed by atoms with van der Waals surface area (Å²) in [5, 5.41) is 5.30. The van der Waals surface area contributed by atoms with E-state index in [4.69, 9.17) is 5.73 Å². The molecule has 108 valence electrons. The minimum atomic E-state index is -0.864. The highest BCUT2D eigenvalue weighted by Crippen LogP contribution is 2.24. The molecule has 0 saturated carbocycles. The first-order valence-electron chi connectivity index (χ1n) is 6.53. The van der Waals surface area contributed by atoms with E-state index in [1.807, 2.05) is 13.8 Å². The molecular formula is C12H22N4O3. The van der Waals surface area contributed by atoms with Crippen LogP contribution in [0.25, 0.3) is 0 Å². The van der Waals surface area contributed by atoms with Crippen LogP contribution in [0.1, 0.15) is 33.6 Å². The van der Waals surface area contributed by atoms with Crippen molar-refractivity contribution < 1.29 is 14.4 Å². The molecule has 19 heavy (non-hydrogen) atoms. The lowest BCUT2D eigenvalue weighted by molar-refractivity contribution is -0.135. The van der Waals surface area contributed by atoms with Crippen molar-refractivity contribution in [3.8, 4) is 0 Å². The van der Waals surface area contributed by atoms with E-state index in [0.29, 0.717) is 19.4 Å². The van der Waals surface area contributed by atoms with Gasteiger partial charge in [0.15, 0.2) is 0 Å². The third kappa shape index (κ3) is 3.04. The lowest BCUT2D eigenvalue weighted by atomic mass is 9.93. The Bertz CT molecular complexity index is 379. The van der Waals surface area contributed by atoms with Gasteiger partial charge < -0.3 is 16.4 Å². The van der Waals surface area contributed by atoms with Crippen molar-refractivity contribution in [1.29, 1.82) is 0 Å². The largest absolute Gasteiger partial charge is 0.351 e. The Kier molecular flexibility index (Phi) is 4.88. The van der Waals surface area contributed by atoms with Gasteiger partial charge in [0.2, 0.25) is 5.91 Å². The van der Waals surface area contributed by atoms with Crippen molar-refractivity contribution >= 4 is 17.8 Å². The van der Waals surface area contributed by atoms with Gasteiger partial charge >= 0.3 is 6.03 Å². The molecule has 0 bridgehead atoms. The number of urea groups is 1. The maximum Gasteiger partial charge on any atom is 0.325 e. The molecule has 1 atom stereocenters. The van der Waals surface area contributed by atoms with Gasteiger partial charge in [0.05, 0.1) is 0 Å². The summed E-state index contributed by atoms with van der Waals surface area (Å²) in [7, 11) is 0. The maximum atomic E-state index is 12.2. The molecule has 1 aliphatic heterocycles. The van der Waals surface area contributed by atoms with Crippen molar-refractivity contribution in [2.75, 3.05) is 13.1 Å². The number of hydrogen-bond acceptors (Lipinski definition) is 4. The highest BCUT2D eigenvalue weighted by molar-refractivity contribution is 6.08. The molecule has 7 heteroatoms. The molecule has 0 aromatic rings. The lowest BCUT2D eigenvalue weighted by Crippen LogP contribution is -2.48. The van der Waals surface area contributed by atoms with E-state index in [1.54, 1.807) is 6.92 Å². The highest BCUT2D eigenvalue weighted by atomic mass is 16.2. The third-order valence-corrected chi connectivity index (χ3v) is 3.52. The Morgan fingerprint density at radius 1 is 1.42 bits per heavy atom. The Balaban J connectivity index is 2.72. The average Bonchev–Trinajstić information content (AvgIpc) is 2.63. The van der Waals surface area contributed by atoms with Crippen LogP contribution in [0, 0.1) is 0 Å². The molecule has 0 aromatic heterocycles. The number of carbonyl (C=O) groups is 3. The second-order valence-corrected chi connectivity index (χ2v) is 4.81. The second-order valence-electron chi connectivity index (χ2n) is 4.81. The first kappa shape index (κ1) is 15.4. The summed E-state index contributed by atoms with van der Waals surface area (Å²) in [5.74, 6) is -0.720. The lowest BCUT2D eigenvalue weighted by Gasteiger charge is -2.23. The van der Waals surface area contributed by atoms with E-state index in [9.17, 15) is 14.4 Å². The molecule has 0 aromatic carbocycles. The Morgan fingerprint density at radius 3 is 2.42 bits per heavy atom. The zero-order chi connectivity index (χ0) is 14.6. The monoisotopic (exact) mass is 270 g/mol. The summed E-state index contributed by atoms with van der Waals surface area (Å²) in [4.78, 5) is 36.7. The summed E-state index contributed by atoms with van der Waals surface area (Å²) >= 11 is 0. The molecule has 1 aliphatic rings. The summed E-state index contributed by atoms with van der Waals surface area (Å²) in [6.45, 7) is 5.46. The standard InChI is InChI=1S/C12H22N4O3/c1-4-12(5-2)10(18)16(11(19)15-12)7-9(17)14-8(3)6-13/h8H,4-7,13H2,1-3H3,(H,14,17)(H,15,19)/t8-/m0/s1. The van der Waals surface area contributed by atoms with Crippen molar-refractivity contribution in [2.24, 2.45) is 5.73 Å². The number of amides is 4. The van der Waals surface area contributed by atoms with Gasteiger partial charge in [-0.2, -0.15) is 0 Å². The zero-order valence-electron chi connectivity index (χ0n) is 11.7. The normalized spacial score (nSPS) is 19.3. The number of nitrogens with two attached hydrogens (primary N) is 1. The summed E-state index contributed by atoms with van der Waals surface area (Å²) in [6.07, 6.45) is 1.01. The molecule has 1 rings (SSSR count). The Labute approximate surface area is 112 Å². The van der Waals surface area contributed by atoms with Crippen molar-refractivity contribution in [3.63, 3.8) is 0 Å². The first-order valence-corrected chi connectivity index (χ1v) is 6.53. The topological polar surface area (TPSA) is 105 Å². The molecule has 1 fully saturated rings. The number of rotatable bonds is 6. The number of imide groups is 1. The minimum absolute atomic E-state index is 0.185. The molecule has 1 heterocycles. The fourth-order valence-corrected chi connectivity index (χ4v) is 2.07. The van der Waals surface area contributed by atoms with Crippen LogP contribution in [0.2, 0.25) is 0 Å². The van der Waals surface area contributed by atoms with Gasteiger partial charge in [-0.1, -0.05) is 13.8 Å². The molecule has 0 aliphatic carbocycles. The Morgan fingerprint density at radius 2 is 2.00 bits per heavy atom. The van der Waals surface area contributed by atoms with Gasteiger partial charge in [0, 0.05) is 12.6 Å². The van der Waals surface area contributed by atoms with E-state index < -0.39 is 11.6 Å². The molecule has 4 N–H and O–H groups in total. The molecule has 0 radical (unpaired) electrons. The van der Waals surface area contributed by atoms with Crippen molar-refractivity contribution in [1.82, 2.24) is 15.5 Å². The van der Waals surface area contributed by atoms with Gasteiger partial charge in [0.1, 0.15) is 12.1 Å².